The number of aromatic nitrogens is 1. The van der Waals surface area contributed by atoms with Crippen molar-refractivity contribution in [2.75, 3.05) is 6.61 Å². The van der Waals surface area contributed by atoms with Crippen molar-refractivity contribution in [3.63, 3.8) is 0 Å². The van der Waals surface area contributed by atoms with Gasteiger partial charge in [0.2, 0.25) is 0 Å². The van der Waals surface area contributed by atoms with Crippen LogP contribution in [0.25, 0.3) is 10.6 Å². The molecule has 0 saturated heterocycles. The quantitative estimate of drug-likeness (QED) is 0.628. The first-order chi connectivity index (χ1) is 13.0. The topological polar surface area (TPSA) is 68.3 Å². The van der Waals surface area contributed by atoms with Crippen molar-refractivity contribution in [3.8, 4) is 10.6 Å². The Hall–Kier alpha value is -2.70. The number of hydrogen-bond acceptors (Lipinski definition) is 5. The number of hydrogen-bond donors (Lipinski definition) is 1. The average molecular weight is 401 g/mol. The Bertz CT molecular complexity index is 957. The van der Waals surface area contributed by atoms with Gasteiger partial charge in [-0.3, -0.25) is 4.79 Å². The van der Waals surface area contributed by atoms with Crippen LogP contribution < -0.4 is 5.32 Å². The molecule has 2 aromatic carbocycles. The molecule has 3 aromatic rings. The van der Waals surface area contributed by atoms with E-state index in [9.17, 15) is 9.59 Å². The molecule has 3 rings (SSSR count). The summed E-state index contributed by atoms with van der Waals surface area (Å²) in [5.74, 6) is -0.950. The number of thiazole rings is 1. The molecule has 0 radical (unpaired) electrons. The molecular weight excluding hydrogens is 384 g/mol. The third-order valence-electron chi connectivity index (χ3n) is 3.77. The summed E-state index contributed by atoms with van der Waals surface area (Å²) in [6.45, 7) is 1.66. The zero-order valence-electron chi connectivity index (χ0n) is 14.6. The number of rotatable bonds is 6. The molecule has 1 aromatic heterocycles. The maximum Gasteiger partial charge on any atom is 0.350 e. The number of nitrogens with zero attached hydrogens (tertiary/aromatic N) is 1. The largest absolute Gasteiger partial charge is 0.451 e. The summed E-state index contributed by atoms with van der Waals surface area (Å²) >= 11 is 7.29. The molecule has 0 aliphatic carbocycles. The zero-order valence-corrected chi connectivity index (χ0v) is 16.1. The molecule has 0 atom stereocenters. The van der Waals surface area contributed by atoms with Crippen LogP contribution in [0, 0.1) is 6.92 Å². The number of carbonyl (C=O) groups is 2. The van der Waals surface area contributed by atoms with E-state index in [1.54, 1.807) is 13.0 Å². The number of benzene rings is 2. The van der Waals surface area contributed by atoms with Crippen LogP contribution in [-0.2, 0) is 16.1 Å². The molecule has 0 unspecified atom stereocenters. The molecule has 7 heteroatoms. The van der Waals surface area contributed by atoms with Gasteiger partial charge in [0.25, 0.3) is 5.91 Å². The Kier molecular flexibility index (Phi) is 6.21. The number of aryl methyl sites for hydroxylation is 1. The lowest BCUT2D eigenvalue weighted by atomic mass is 10.2. The maximum absolute atomic E-state index is 12.3. The maximum atomic E-state index is 12.3. The highest BCUT2D eigenvalue weighted by Crippen LogP contribution is 2.28. The first-order valence-electron chi connectivity index (χ1n) is 8.24. The molecule has 0 aliphatic rings. The van der Waals surface area contributed by atoms with Crippen LogP contribution in [0.3, 0.4) is 0 Å². The molecule has 0 spiro atoms. The van der Waals surface area contributed by atoms with E-state index < -0.39 is 11.9 Å². The van der Waals surface area contributed by atoms with E-state index in [2.05, 4.69) is 10.3 Å². The summed E-state index contributed by atoms with van der Waals surface area (Å²) in [5, 5.41) is 3.99. The predicted octanol–water partition coefficient (Wildman–Crippen LogP) is 4.25. The van der Waals surface area contributed by atoms with E-state index in [0.29, 0.717) is 15.6 Å². The molecule has 1 heterocycles. The highest BCUT2D eigenvalue weighted by Gasteiger charge is 2.18. The van der Waals surface area contributed by atoms with Gasteiger partial charge in [-0.25, -0.2) is 9.78 Å². The highest BCUT2D eigenvalue weighted by atomic mass is 35.5. The molecule has 138 valence electrons. The summed E-state index contributed by atoms with van der Waals surface area (Å²) in [6, 6.07) is 16.8. The third-order valence-corrected chi connectivity index (χ3v) is 5.33. The van der Waals surface area contributed by atoms with Crippen molar-refractivity contribution >= 4 is 34.8 Å². The Labute approximate surface area is 166 Å². The Morgan fingerprint density at radius 1 is 1.11 bits per heavy atom. The van der Waals surface area contributed by atoms with Crippen molar-refractivity contribution in [3.05, 3.63) is 75.8 Å². The van der Waals surface area contributed by atoms with Crippen molar-refractivity contribution in [1.29, 1.82) is 0 Å². The molecule has 0 aliphatic heterocycles. The minimum absolute atomic E-state index is 0.272. The molecule has 1 amide bonds. The van der Waals surface area contributed by atoms with Crippen LogP contribution in [0.5, 0.6) is 0 Å². The summed E-state index contributed by atoms with van der Waals surface area (Å²) in [4.78, 5) is 29.0. The van der Waals surface area contributed by atoms with E-state index in [0.717, 1.165) is 16.1 Å². The minimum Gasteiger partial charge on any atom is -0.451 e. The Morgan fingerprint density at radius 2 is 1.81 bits per heavy atom. The first-order valence-corrected chi connectivity index (χ1v) is 9.44. The molecule has 1 N–H and O–H groups in total. The number of amides is 1. The number of esters is 1. The van der Waals surface area contributed by atoms with Gasteiger partial charge >= 0.3 is 5.97 Å². The zero-order chi connectivity index (χ0) is 19.2. The summed E-state index contributed by atoms with van der Waals surface area (Å²) < 4.78 is 5.13. The fourth-order valence-corrected chi connectivity index (χ4v) is 3.54. The fourth-order valence-electron chi connectivity index (χ4n) is 2.37. The van der Waals surface area contributed by atoms with E-state index in [1.807, 2.05) is 48.5 Å². The lowest BCUT2D eigenvalue weighted by molar-refractivity contribution is -0.124. The summed E-state index contributed by atoms with van der Waals surface area (Å²) in [7, 11) is 0. The molecule has 0 fully saturated rings. The van der Waals surface area contributed by atoms with Crippen molar-refractivity contribution < 1.29 is 14.3 Å². The number of nitrogens with one attached hydrogen (secondary N) is 1. The van der Waals surface area contributed by atoms with Gasteiger partial charge in [0.1, 0.15) is 9.88 Å². The van der Waals surface area contributed by atoms with Crippen molar-refractivity contribution in [1.82, 2.24) is 10.3 Å². The van der Waals surface area contributed by atoms with Gasteiger partial charge in [0.15, 0.2) is 6.61 Å². The van der Waals surface area contributed by atoms with E-state index >= 15 is 0 Å². The van der Waals surface area contributed by atoms with Gasteiger partial charge in [-0.2, -0.15) is 0 Å². The molecule has 0 bridgehead atoms. The highest BCUT2D eigenvalue weighted by molar-refractivity contribution is 7.17. The van der Waals surface area contributed by atoms with Crippen molar-refractivity contribution in [2.45, 2.75) is 13.5 Å². The van der Waals surface area contributed by atoms with Gasteiger partial charge in [-0.15, -0.1) is 11.3 Å². The number of halogens is 1. The molecule has 5 nitrogen and oxygen atoms in total. The van der Waals surface area contributed by atoms with Crippen molar-refractivity contribution in [2.24, 2.45) is 0 Å². The number of ether oxygens (including phenoxy) is 1. The fraction of sp³-hybridized carbons (Fsp3) is 0.150. The van der Waals surface area contributed by atoms with Crippen LogP contribution in [0.2, 0.25) is 5.02 Å². The molecular formula is C20H17ClN2O3S. The van der Waals surface area contributed by atoms with E-state index in [-0.39, 0.29) is 13.2 Å². The van der Waals surface area contributed by atoms with Crippen LogP contribution in [0.15, 0.2) is 54.6 Å². The first kappa shape index (κ1) is 19.1. The predicted molar refractivity (Wildman–Crippen MR) is 106 cm³/mol. The second-order valence-corrected chi connectivity index (χ2v) is 7.15. The SMILES string of the molecule is Cc1nc(-c2ccccc2)sc1C(=O)OCC(=O)NCc1ccccc1Cl. The van der Waals surface area contributed by atoms with Crippen LogP contribution in [0.4, 0.5) is 0 Å². The summed E-state index contributed by atoms with van der Waals surface area (Å²) in [5.41, 5.74) is 2.31. The number of carbonyl (C=O) groups excluding carboxylic acids is 2. The lowest BCUT2D eigenvalue weighted by Gasteiger charge is -2.07. The van der Waals surface area contributed by atoms with Gasteiger partial charge in [-0.1, -0.05) is 60.1 Å². The van der Waals surface area contributed by atoms with E-state index in [1.165, 1.54) is 11.3 Å². The normalized spacial score (nSPS) is 10.4. The van der Waals surface area contributed by atoms with Crippen LogP contribution in [-0.4, -0.2) is 23.5 Å². The summed E-state index contributed by atoms with van der Waals surface area (Å²) in [6.07, 6.45) is 0. The third kappa shape index (κ3) is 4.93. The van der Waals surface area contributed by atoms with Gasteiger partial charge in [0.05, 0.1) is 5.69 Å². The Balaban J connectivity index is 1.55. The molecule has 0 saturated carbocycles. The molecule has 27 heavy (non-hydrogen) atoms. The smallest absolute Gasteiger partial charge is 0.350 e. The minimum atomic E-state index is -0.555. The van der Waals surface area contributed by atoms with E-state index in [4.69, 9.17) is 16.3 Å². The van der Waals surface area contributed by atoms with Crippen LogP contribution in [0.1, 0.15) is 20.9 Å². The second kappa shape index (κ2) is 8.79. The standard InChI is InChI=1S/C20H17ClN2O3S/c1-13-18(27-19(23-13)14-7-3-2-4-8-14)20(25)26-12-17(24)22-11-15-9-5-6-10-16(15)21/h2-10H,11-12H2,1H3,(H,22,24). The van der Waals surface area contributed by atoms with Gasteiger partial charge in [-0.05, 0) is 18.6 Å². The van der Waals surface area contributed by atoms with Crippen LogP contribution >= 0.6 is 22.9 Å². The lowest BCUT2D eigenvalue weighted by Crippen LogP contribution is -2.28. The van der Waals surface area contributed by atoms with Gasteiger partial charge in [0, 0.05) is 17.1 Å². The van der Waals surface area contributed by atoms with Gasteiger partial charge < -0.3 is 10.1 Å². The second-order valence-electron chi connectivity index (χ2n) is 5.74. The Morgan fingerprint density at radius 3 is 2.56 bits per heavy atom. The average Bonchev–Trinajstić information content (AvgIpc) is 3.08. The monoisotopic (exact) mass is 400 g/mol.